The fourth-order valence-electron chi connectivity index (χ4n) is 1.57. The van der Waals surface area contributed by atoms with Crippen molar-refractivity contribution in [2.75, 3.05) is 26.2 Å². The second-order valence-electron chi connectivity index (χ2n) is 3.71. The molecule has 0 aliphatic rings. The van der Waals surface area contributed by atoms with Crippen LogP contribution in [0.25, 0.3) is 0 Å². The van der Waals surface area contributed by atoms with Crippen molar-refractivity contribution in [2.45, 2.75) is 39.2 Å². The zero-order valence-electron chi connectivity index (χ0n) is 9.21. The van der Waals surface area contributed by atoms with Gasteiger partial charge in [0.05, 0.1) is 0 Å². The number of hydrogen-bond acceptors (Lipinski definition) is 3. The summed E-state index contributed by atoms with van der Waals surface area (Å²) in [6, 6.07) is 0. The van der Waals surface area contributed by atoms with E-state index in [1.165, 1.54) is 0 Å². The number of nitrogens with two attached hydrogens (primary N) is 1. The van der Waals surface area contributed by atoms with Gasteiger partial charge >= 0.3 is 0 Å². The lowest BCUT2D eigenvalue weighted by atomic mass is 9.96. The summed E-state index contributed by atoms with van der Waals surface area (Å²) < 4.78 is 0. The maximum atomic E-state index is 8.76. The van der Waals surface area contributed by atoms with Gasteiger partial charge in [0, 0.05) is 25.2 Å². The lowest BCUT2D eigenvalue weighted by molar-refractivity contribution is 0.103. The molecule has 0 saturated heterocycles. The van der Waals surface area contributed by atoms with E-state index in [0.717, 1.165) is 25.9 Å². The molecule has 1 unspecified atom stereocenters. The van der Waals surface area contributed by atoms with Crippen LogP contribution in [0.15, 0.2) is 0 Å². The molecule has 0 aromatic heterocycles. The van der Waals surface area contributed by atoms with E-state index >= 15 is 0 Å². The van der Waals surface area contributed by atoms with Crippen LogP contribution >= 0.6 is 0 Å². The first-order valence-electron chi connectivity index (χ1n) is 5.20. The third-order valence-electron chi connectivity index (χ3n) is 2.93. The van der Waals surface area contributed by atoms with Crippen molar-refractivity contribution >= 4 is 0 Å². The van der Waals surface area contributed by atoms with Crippen LogP contribution in [0.3, 0.4) is 0 Å². The average molecular weight is 188 g/mol. The topological polar surface area (TPSA) is 49.5 Å². The molecule has 0 spiro atoms. The minimum atomic E-state index is 0.101. The number of nitrogens with zero attached hydrogens (tertiary/aromatic N) is 1. The summed E-state index contributed by atoms with van der Waals surface area (Å²) >= 11 is 0. The molecular weight excluding hydrogens is 164 g/mol. The Morgan fingerprint density at radius 1 is 1.38 bits per heavy atom. The lowest BCUT2D eigenvalue weighted by Crippen LogP contribution is -2.51. The van der Waals surface area contributed by atoms with Crippen molar-refractivity contribution in [3.63, 3.8) is 0 Å². The van der Waals surface area contributed by atoms with Crippen LogP contribution in [-0.2, 0) is 0 Å². The van der Waals surface area contributed by atoms with Gasteiger partial charge in [0.2, 0.25) is 0 Å². The summed E-state index contributed by atoms with van der Waals surface area (Å²) in [5, 5.41) is 8.76. The van der Waals surface area contributed by atoms with Crippen LogP contribution < -0.4 is 5.73 Å². The number of aliphatic hydroxyl groups is 1. The highest BCUT2D eigenvalue weighted by Crippen LogP contribution is 2.17. The Morgan fingerprint density at radius 3 is 2.31 bits per heavy atom. The molecule has 0 aliphatic carbocycles. The van der Waals surface area contributed by atoms with Crippen molar-refractivity contribution in [3.05, 3.63) is 0 Å². The molecule has 0 bridgehead atoms. The van der Waals surface area contributed by atoms with E-state index in [4.69, 9.17) is 10.8 Å². The molecule has 0 aliphatic heterocycles. The summed E-state index contributed by atoms with van der Waals surface area (Å²) in [4.78, 5) is 2.35. The molecular formula is C10H24N2O. The molecule has 0 amide bonds. The van der Waals surface area contributed by atoms with Crippen molar-refractivity contribution in [3.8, 4) is 0 Å². The van der Waals surface area contributed by atoms with Gasteiger partial charge in [-0.1, -0.05) is 13.8 Å². The van der Waals surface area contributed by atoms with Gasteiger partial charge in [-0.15, -0.1) is 0 Å². The smallest absolute Gasteiger partial charge is 0.0443 e. The van der Waals surface area contributed by atoms with Gasteiger partial charge in [0.15, 0.2) is 0 Å². The van der Waals surface area contributed by atoms with Gasteiger partial charge in [-0.25, -0.2) is 0 Å². The molecule has 80 valence electrons. The number of aliphatic hydroxyl groups excluding tert-OH is 1. The van der Waals surface area contributed by atoms with E-state index in [1.807, 2.05) is 0 Å². The molecule has 0 heterocycles. The van der Waals surface area contributed by atoms with Gasteiger partial charge in [0.25, 0.3) is 0 Å². The molecule has 0 radical (unpaired) electrons. The van der Waals surface area contributed by atoms with E-state index in [9.17, 15) is 0 Å². The molecule has 3 nitrogen and oxygen atoms in total. The monoisotopic (exact) mass is 188 g/mol. The van der Waals surface area contributed by atoms with Crippen LogP contribution in [0.4, 0.5) is 0 Å². The molecule has 0 aromatic carbocycles. The summed E-state index contributed by atoms with van der Waals surface area (Å²) in [5.74, 6) is 0. The molecule has 0 saturated carbocycles. The van der Waals surface area contributed by atoms with Gasteiger partial charge in [-0.2, -0.15) is 0 Å². The minimum absolute atomic E-state index is 0.101. The minimum Gasteiger partial charge on any atom is -0.396 e. The fourth-order valence-corrected chi connectivity index (χ4v) is 1.57. The van der Waals surface area contributed by atoms with E-state index in [0.29, 0.717) is 6.54 Å². The SMILES string of the molecule is CCN(CCCO)C(C)(CC)CN. The maximum Gasteiger partial charge on any atom is 0.0443 e. The molecule has 0 fully saturated rings. The fraction of sp³-hybridized carbons (Fsp3) is 1.00. The Bertz CT molecular complexity index is 124. The molecule has 3 N–H and O–H groups in total. The predicted octanol–water partition coefficient (Wildman–Crippen LogP) is 0.818. The Labute approximate surface area is 81.9 Å². The Kier molecular flexibility index (Phi) is 6.29. The van der Waals surface area contributed by atoms with Crippen LogP contribution in [-0.4, -0.2) is 41.8 Å². The normalized spacial score (nSPS) is 16.2. The first-order valence-corrected chi connectivity index (χ1v) is 5.20. The second kappa shape index (κ2) is 6.35. The second-order valence-corrected chi connectivity index (χ2v) is 3.71. The van der Waals surface area contributed by atoms with E-state index < -0.39 is 0 Å². The van der Waals surface area contributed by atoms with Crippen LogP contribution in [0.2, 0.25) is 0 Å². The Balaban J connectivity index is 4.16. The highest BCUT2D eigenvalue weighted by atomic mass is 16.3. The average Bonchev–Trinajstić information content (AvgIpc) is 2.18. The summed E-state index contributed by atoms with van der Waals surface area (Å²) in [5.41, 5.74) is 5.86. The van der Waals surface area contributed by atoms with Crippen molar-refractivity contribution in [1.82, 2.24) is 4.90 Å². The predicted molar refractivity (Wildman–Crippen MR) is 56.7 cm³/mol. The van der Waals surface area contributed by atoms with Gasteiger partial charge < -0.3 is 10.8 Å². The van der Waals surface area contributed by atoms with Crippen LogP contribution in [0.1, 0.15) is 33.6 Å². The van der Waals surface area contributed by atoms with E-state index in [-0.39, 0.29) is 12.1 Å². The Morgan fingerprint density at radius 2 is 2.00 bits per heavy atom. The zero-order chi connectivity index (χ0) is 10.3. The van der Waals surface area contributed by atoms with E-state index in [1.54, 1.807) is 0 Å². The highest BCUT2D eigenvalue weighted by Gasteiger charge is 2.26. The number of hydrogen-bond donors (Lipinski definition) is 2. The third kappa shape index (κ3) is 3.63. The molecule has 13 heavy (non-hydrogen) atoms. The van der Waals surface area contributed by atoms with Crippen molar-refractivity contribution in [1.29, 1.82) is 0 Å². The summed E-state index contributed by atoms with van der Waals surface area (Å²) in [6.07, 6.45) is 1.90. The lowest BCUT2D eigenvalue weighted by Gasteiger charge is -2.39. The maximum absolute atomic E-state index is 8.76. The third-order valence-corrected chi connectivity index (χ3v) is 2.93. The molecule has 0 aromatic rings. The largest absolute Gasteiger partial charge is 0.396 e. The van der Waals surface area contributed by atoms with Crippen LogP contribution in [0, 0.1) is 0 Å². The number of likely N-dealkylation sites (N-methyl/N-ethyl adjacent to an activating group) is 1. The Hall–Kier alpha value is -0.120. The summed E-state index contributed by atoms with van der Waals surface area (Å²) in [7, 11) is 0. The quantitative estimate of drug-likeness (QED) is 0.622. The van der Waals surface area contributed by atoms with Gasteiger partial charge in [0.1, 0.15) is 0 Å². The standard InChI is InChI=1S/C10H24N2O/c1-4-10(3,9-11)12(5-2)7-6-8-13/h13H,4-9,11H2,1-3H3. The zero-order valence-corrected chi connectivity index (χ0v) is 9.21. The van der Waals surface area contributed by atoms with Crippen molar-refractivity contribution in [2.24, 2.45) is 5.73 Å². The first kappa shape index (κ1) is 12.9. The van der Waals surface area contributed by atoms with Crippen molar-refractivity contribution < 1.29 is 5.11 Å². The molecule has 1 atom stereocenters. The van der Waals surface area contributed by atoms with E-state index in [2.05, 4.69) is 25.7 Å². The molecule has 3 heteroatoms. The van der Waals surface area contributed by atoms with Gasteiger partial charge in [-0.05, 0) is 26.3 Å². The number of rotatable bonds is 7. The van der Waals surface area contributed by atoms with Crippen LogP contribution in [0.5, 0.6) is 0 Å². The summed E-state index contributed by atoms with van der Waals surface area (Å²) in [6.45, 7) is 9.38. The molecule has 0 rings (SSSR count). The van der Waals surface area contributed by atoms with Gasteiger partial charge in [-0.3, -0.25) is 4.90 Å². The highest BCUT2D eigenvalue weighted by molar-refractivity contribution is 4.85. The first-order chi connectivity index (χ1) is 6.14.